The van der Waals surface area contributed by atoms with E-state index in [0.717, 1.165) is 25.2 Å². The number of carbonyl (C=O) groups excluding carboxylic acids is 1. The Labute approximate surface area is 145 Å². The van der Waals surface area contributed by atoms with Gasteiger partial charge in [-0.1, -0.05) is 12.2 Å². The monoisotopic (exact) mass is 327 g/mol. The Hall–Kier alpha value is -1.39. The molecule has 130 valence electrons. The van der Waals surface area contributed by atoms with Gasteiger partial charge >= 0.3 is 0 Å². The lowest BCUT2D eigenvalue weighted by molar-refractivity contribution is -0.218. The topological polar surface area (TPSA) is 35.6 Å². The number of amides is 1. The second-order valence-corrected chi connectivity index (χ2v) is 7.87. The first-order valence-corrected chi connectivity index (χ1v) is 9.36. The predicted octanol–water partition coefficient (Wildman–Crippen LogP) is 2.65. The SMILES string of the molecule is C=CC[C@@H]1[C@@H]2C[C@@H]3CN1[C@@H]1CC/C(=C\NC(C)=O)[C@H]2N1[C@@H]3CC=C. The van der Waals surface area contributed by atoms with Crippen LogP contribution in [0.15, 0.2) is 37.1 Å². The fourth-order valence-corrected chi connectivity index (χ4v) is 5.99. The summed E-state index contributed by atoms with van der Waals surface area (Å²) in [6.45, 7) is 10.8. The third-order valence-electron chi connectivity index (χ3n) is 6.67. The fraction of sp³-hybridized carbons (Fsp3) is 0.650. The van der Waals surface area contributed by atoms with Gasteiger partial charge in [-0.05, 0) is 49.5 Å². The Morgan fingerprint density at radius 1 is 1.29 bits per heavy atom. The average Bonchev–Trinajstić information content (AvgIpc) is 2.56. The average molecular weight is 327 g/mol. The lowest BCUT2D eigenvalue weighted by atomic mass is 9.62. The van der Waals surface area contributed by atoms with Crippen LogP contribution in [-0.2, 0) is 4.79 Å². The number of rotatable bonds is 5. The maximum atomic E-state index is 11.4. The standard InChI is InChI=1S/C20H29N3O/c1-4-6-17-15-10-16-18(7-5-2)22(12-15)19-9-8-14(11-21-13(3)24)20(16)23(17)19/h4-5,11,15-20H,1-2,6-10,12H2,3H3,(H,21,24)/b14-11+/t15-,16+,17-,18-,19+,20-/m1/s1. The van der Waals surface area contributed by atoms with Crippen LogP contribution < -0.4 is 5.32 Å². The lowest BCUT2D eigenvalue weighted by Crippen LogP contribution is -2.79. The molecule has 0 aromatic carbocycles. The summed E-state index contributed by atoms with van der Waals surface area (Å²) >= 11 is 0. The van der Waals surface area contributed by atoms with Gasteiger partial charge in [-0.15, -0.1) is 13.2 Å². The molecule has 0 aromatic heterocycles. The molecule has 1 N–H and O–H groups in total. The van der Waals surface area contributed by atoms with Crippen molar-refractivity contribution in [3.8, 4) is 0 Å². The quantitative estimate of drug-likeness (QED) is 0.789. The molecule has 0 saturated carbocycles. The van der Waals surface area contributed by atoms with Crippen LogP contribution in [0, 0.1) is 11.8 Å². The summed E-state index contributed by atoms with van der Waals surface area (Å²) in [5.74, 6) is 1.46. The molecule has 5 saturated heterocycles. The van der Waals surface area contributed by atoms with Crippen molar-refractivity contribution in [2.45, 2.75) is 63.3 Å². The van der Waals surface area contributed by atoms with Crippen molar-refractivity contribution in [1.82, 2.24) is 15.1 Å². The van der Waals surface area contributed by atoms with Crippen molar-refractivity contribution < 1.29 is 4.79 Å². The minimum Gasteiger partial charge on any atom is -0.333 e. The molecule has 5 fully saturated rings. The summed E-state index contributed by atoms with van der Waals surface area (Å²) < 4.78 is 0. The molecule has 24 heavy (non-hydrogen) atoms. The number of nitrogens with zero attached hydrogens (tertiary/aromatic N) is 2. The van der Waals surface area contributed by atoms with E-state index in [9.17, 15) is 4.79 Å². The van der Waals surface area contributed by atoms with E-state index >= 15 is 0 Å². The van der Waals surface area contributed by atoms with Gasteiger partial charge in [-0.2, -0.15) is 0 Å². The zero-order chi connectivity index (χ0) is 16.8. The van der Waals surface area contributed by atoms with Gasteiger partial charge in [-0.3, -0.25) is 14.6 Å². The number of hydrogen-bond donors (Lipinski definition) is 1. The summed E-state index contributed by atoms with van der Waals surface area (Å²) in [6, 6.07) is 1.73. The molecule has 0 aromatic rings. The van der Waals surface area contributed by atoms with Gasteiger partial charge < -0.3 is 5.32 Å². The van der Waals surface area contributed by atoms with Crippen molar-refractivity contribution in [3.05, 3.63) is 37.1 Å². The minimum absolute atomic E-state index is 0.0254. The third-order valence-corrected chi connectivity index (χ3v) is 6.67. The third kappa shape index (κ3) is 2.31. The first-order valence-electron chi connectivity index (χ1n) is 9.36. The minimum atomic E-state index is 0.0254. The van der Waals surface area contributed by atoms with Crippen molar-refractivity contribution in [1.29, 1.82) is 0 Å². The number of nitrogens with one attached hydrogen (secondary N) is 1. The lowest BCUT2D eigenvalue weighted by Gasteiger charge is -2.70. The van der Waals surface area contributed by atoms with Gasteiger partial charge in [0.1, 0.15) is 0 Å². The van der Waals surface area contributed by atoms with Crippen molar-refractivity contribution in [2.24, 2.45) is 11.8 Å². The van der Waals surface area contributed by atoms with E-state index in [1.54, 1.807) is 6.92 Å². The molecule has 6 bridgehead atoms. The zero-order valence-electron chi connectivity index (χ0n) is 14.7. The predicted molar refractivity (Wildman–Crippen MR) is 96.1 cm³/mol. The van der Waals surface area contributed by atoms with E-state index in [4.69, 9.17) is 0 Å². The zero-order valence-corrected chi connectivity index (χ0v) is 14.7. The molecule has 1 amide bonds. The Bertz CT molecular complexity index is 575. The van der Waals surface area contributed by atoms with E-state index in [2.05, 4.69) is 40.4 Å². The molecule has 5 rings (SSSR count). The molecule has 5 heterocycles. The number of hydrogen-bond acceptors (Lipinski definition) is 3. The van der Waals surface area contributed by atoms with Gasteiger partial charge in [0.2, 0.25) is 5.91 Å². The van der Waals surface area contributed by atoms with Gasteiger partial charge in [0.15, 0.2) is 0 Å². The Balaban J connectivity index is 1.71. The van der Waals surface area contributed by atoms with E-state index in [1.165, 1.54) is 25.0 Å². The van der Waals surface area contributed by atoms with Crippen LogP contribution in [0.4, 0.5) is 0 Å². The van der Waals surface area contributed by atoms with Crippen LogP contribution in [0.3, 0.4) is 0 Å². The van der Waals surface area contributed by atoms with Crippen LogP contribution in [0.1, 0.15) is 39.0 Å². The molecular weight excluding hydrogens is 298 g/mol. The summed E-state index contributed by atoms with van der Waals surface area (Å²) in [5.41, 5.74) is 1.43. The van der Waals surface area contributed by atoms with Crippen molar-refractivity contribution in [3.63, 3.8) is 0 Å². The highest BCUT2D eigenvalue weighted by molar-refractivity contribution is 5.74. The van der Waals surface area contributed by atoms with Crippen LogP contribution >= 0.6 is 0 Å². The molecule has 2 unspecified atom stereocenters. The maximum absolute atomic E-state index is 11.4. The highest BCUT2D eigenvalue weighted by Gasteiger charge is 2.60. The van der Waals surface area contributed by atoms with Gasteiger partial charge in [-0.25, -0.2) is 0 Å². The first kappa shape index (κ1) is 16.1. The highest BCUT2D eigenvalue weighted by atomic mass is 16.1. The van der Waals surface area contributed by atoms with Crippen LogP contribution in [0.5, 0.6) is 0 Å². The second kappa shape index (κ2) is 6.16. The molecular formula is C20H29N3O. The van der Waals surface area contributed by atoms with Crippen LogP contribution in [0.25, 0.3) is 0 Å². The van der Waals surface area contributed by atoms with Gasteiger partial charge in [0.05, 0.1) is 6.17 Å². The fourth-order valence-electron chi connectivity index (χ4n) is 5.99. The Morgan fingerprint density at radius 3 is 2.75 bits per heavy atom. The summed E-state index contributed by atoms with van der Waals surface area (Å²) in [4.78, 5) is 16.9. The largest absolute Gasteiger partial charge is 0.333 e. The molecule has 8 atom stereocenters. The normalized spacial score (nSPS) is 46.8. The number of carbonyl (C=O) groups is 1. The van der Waals surface area contributed by atoms with Gasteiger partial charge in [0, 0.05) is 37.8 Å². The van der Waals surface area contributed by atoms with Crippen molar-refractivity contribution >= 4 is 5.91 Å². The molecule has 0 spiro atoms. The number of piperidine rings is 3. The molecule has 5 aliphatic heterocycles. The first-order chi connectivity index (χ1) is 11.7. The summed E-state index contributed by atoms with van der Waals surface area (Å²) in [6.07, 6.45) is 12.5. The highest BCUT2D eigenvalue weighted by Crippen LogP contribution is 2.54. The van der Waals surface area contributed by atoms with Crippen molar-refractivity contribution in [2.75, 3.05) is 6.54 Å². The van der Waals surface area contributed by atoms with E-state index in [-0.39, 0.29) is 5.91 Å². The molecule has 4 nitrogen and oxygen atoms in total. The summed E-state index contributed by atoms with van der Waals surface area (Å²) in [7, 11) is 0. The molecule has 0 aliphatic carbocycles. The van der Waals surface area contributed by atoms with E-state index < -0.39 is 0 Å². The van der Waals surface area contributed by atoms with Crippen LogP contribution in [-0.4, -0.2) is 46.5 Å². The van der Waals surface area contributed by atoms with Crippen LogP contribution in [0.2, 0.25) is 0 Å². The molecule has 4 heteroatoms. The molecule has 5 aliphatic rings. The Morgan fingerprint density at radius 2 is 2.04 bits per heavy atom. The van der Waals surface area contributed by atoms with E-state index in [0.29, 0.717) is 30.2 Å². The van der Waals surface area contributed by atoms with Gasteiger partial charge in [0.25, 0.3) is 0 Å². The second-order valence-electron chi connectivity index (χ2n) is 7.87. The smallest absolute Gasteiger partial charge is 0.220 e. The maximum Gasteiger partial charge on any atom is 0.220 e. The molecule has 0 radical (unpaired) electrons. The summed E-state index contributed by atoms with van der Waals surface area (Å²) in [5, 5.41) is 2.94. The Kier molecular flexibility index (Phi) is 4.13. The van der Waals surface area contributed by atoms with E-state index in [1.807, 2.05) is 6.20 Å².